The van der Waals surface area contributed by atoms with Gasteiger partial charge in [0.25, 0.3) is 5.91 Å². The second kappa shape index (κ2) is 8.53. The summed E-state index contributed by atoms with van der Waals surface area (Å²) in [5.41, 5.74) is 9.17. The number of aryl methyl sites for hydroxylation is 1. The summed E-state index contributed by atoms with van der Waals surface area (Å²) in [5, 5.41) is 6.51. The standard InChI is InChI=1S/C20H23FN4O2/c1-14-12-17(25-10-2-3-11-25)8-9-18(14)23-19(26)13-27-24-20(22)15-4-6-16(21)7-5-15/h4-9,12H,2-3,10-11,13H2,1H3,(H2,22,24)(H,23,26). The number of amidine groups is 1. The Balaban J connectivity index is 1.53. The second-order valence-electron chi connectivity index (χ2n) is 6.50. The van der Waals surface area contributed by atoms with Crippen molar-refractivity contribution in [3.63, 3.8) is 0 Å². The number of oxime groups is 1. The third-order valence-corrected chi connectivity index (χ3v) is 4.45. The van der Waals surface area contributed by atoms with E-state index in [0.29, 0.717) is 5.56 Å². The third kappa shape index (κ3) is 4.97. The van der Waals surface area contributed by atoms with E-state index in [1.165, 1.54) is 42.8 Å². The van der Waals surface area contributed by atoms with Crippen LogP contribution in [0.25, 0.3) is 0 Å². The van der Waals surface area contributed by atoms with Crippen molar-refractivity contribution in [2.24, 2.45) is 10.9 Å². The van der Waals surface area contributed by atoms with Crippen LogP contribution in [0.3, 0.4) is 0 Å². The summed E-state index contributed by atoms with van der Waals surface area (Å²) >= 11 is 0. The zero-order valence-corrected chi connectivity index (χ0v) is 15.2. The number of halogens is 1. The van der Waals surface area contributed by atoms with Gasteiger partial charge in [-0.15, -0.1) is 0 Å². The van der Waals surface area contributed by atoms with Crippen molar-refractivity contribution in [2.75, 3.05) is 29.9 Å². The van der Waals surface area contributed by atoms with E-state index in [4.69, 9.17) is 10.6 Å². The summed E-state index contributed by atoms with van der Waals surface area (Å²) in [6, 6.07) is 11.5. The number of rotatable bonds is 6. The molecule has 0 atom stereocenters. The molecule has 0 saturated carbocycles. The van der Waals surface area contributed by atoms with Crippen LogP contribution in [-0.2, 0) is 9.63 Å². The molecule has 2 aromatic carbocycles. The number of carbonyl (C=O) groups is 1. The lowest BCUT2D eigenvalue weighted by Gasteiger charge is -2.19. The number of anilines is 2. The SMILES string of the molecule is Cc1cc(N2CCCC2)ccc1NC(=O)CO/N=C(\N)c1ccc(F)cc1. The predicted octanol–water partition coefficient (Wildman–Crippen LogP) is 3.01. The quantitative estimate of drug-likeness (QED) is 0.465. The normalized spacial score (nSPS) is 14.3. The van der Waals surface area contributed by atoms with E-state index in [2.05, 4.69) is 21.4 Å². The fraction of sp³-hybridized carbons (Fsp3) is 0.300. The first-order valence-electron chi connectivity index (χ1n) is 8.90. The predicted molar refractivity (Wildman–Crippen MR) is 104 cm³/mol. The molecule has 0 unspecified atom stereocenters. The van der Waals surface area contributed by atoms with E-state index >= 15 is 0 Å². The Morgan fingerprint density at radius 1 is 1.22 bits per heavy atom. The topological polar surface area (TPSA) is 80.0 Å². The molecule has 0 bridgehead atoms. The van der Waals surface area contributed by atoms with Crippen molar-refractivity contribution in [1.29, 1.82) is 0 Å². The van der Waals surface area contributed by atoms with Gasteiger partial charge < -0.3 is 20.8 Å². The lowest BCUT2D eigenvalue weighted by molar-refractivity contribution is -0.120. The molecular formula is C20H23FN4O2. The molecule has 1 amide bonds. The van der Waals surface area contributed by atoms with Gasteiger partial charge in [0.05, 0.1) is 0 Å². The number of amides is 1. The van der Waals surface area contributed by atoms with Gasteiger partial charge in [-0.3, -0.25) is 4.79 Å². The van der Waals surface area contributed by atoms with Crippen LogP contribution in [0.5, 0.6) is 0 Å². The lowest BCUT2D eigenvalue weighted by Crippen LogP contribution is -2.20. The van der Waals surface area contributed by atoms with Gasteiger partial charge in [0.1, 0.15) is 5.82 Å². The van der Waals surface area contributed by atoms with Gasteiger partial charge in [-0.25, -0.2) is 4.39 Å². The zero-order chi connectivity index (χ0) is 19.2. The van der Waals surface area contributed by atoms with Gasteiger partial charge in [-0.1, -0.05) is 5.16 Å². The lowest BCUT2D eigenvalue weighted by atomic mass is 10.1. The summed E-state index contributed by atoms with van der Waals surface area (Å²) in [4.78, 5) is 19.4. The largest absolute Gasteiger partial charge is 0.384 e. The van der Waals surface area contributed by atoms with Gasteiger partial charge in [0.2, 0.25) is 0 Å². The smallest absolute Gasteiger partial charge is 0.265 e. The van der Waals surface area contributed by atoms with Crippen molar-refractivity contribution < 1.29 is 14.0 Å². The Morgan fingerprint density at radius 2 is 1.93 bits per heavy atom. The molecule has 27 heavy (non-hydrogen) atoms. The monoisotopic (exact) mass is 370 g/mol. The highest BCUT2D eigenvalue weighted by Crippen LogP contribution is 2.25. The molecule has 2 aromatic rings. The minimum atomic E-state index is -0.363. The van der Waals surface area contributed by atoms with Crippen LogP contribution >= 0.6 is 0 Å². The third-order valence-electron chi connectivity index (χ3n) is 4.45. The molecule has 0 aromatic heterocycles. The molecule has 0 aliphatic carbocycles. The van der Waals surface area contributed by atoms with Gasteiger partial charge in [-0.2, -0.15) is 0 Å². The highest BCUT2D eigenvalue weighted by Gasteiger charge is 2.13. The molecule has 1 heterocycles. The summed E-state index contributed by atoms with van der Waals surface area (Å²) in [7, 11) is 0. The molecule has 6 nitrogen and oxygen atoms in total. The summed E-state index contributed by atoms with van der Waals surface area (Å²) < 4.78 is 12.9. The summed E-state index contributed by atoms with van der Waals surface area (Å²) in [6.45, 7) is 3.84. The Bertz CT molecular complexity index is 830. The average Bonchev–Trinajstić information content (AvgIpc) is 3.18. The molecule has 1 aliphatic heterocycles. The van der Waals surface area contributed by atoms with E-state index in [1.54, 1.807) is 0 Å². The van der Waals surface area contributed by atoms with E-state index in [1.807, 2.05) is 19.1 Å². The van der Waals surface area contributed by atoms with Crippen LogP contribution < -0.4 is 16.0 Å². The molecule has 0 spiro atoms. The summed E-state index contributed by atoms with van der Waals surface area (Å²) in [6.07, 6.45) is 2.44. The molecule has 0 radical (unpaired) electrons. The molecular weight excluding hydrogens is 347 g/mol. The van der Waals surface area contributed by atoms with Gasteiger partial charge >= 0.3 is 0 Å². The van der Waals surface area contributed by atoms with Gasteiger partial charge in [0.15, 0.2) is 12.4 Å². The fourth-order valence-electron chi connectivity index (χ4n) is 2.98. The van der Waals surface area contributed by atoms with E-state index in [-0.39, 0.29) is 24.2 Å². The first kappa shape index (κ1) is 18.7. The Kier molecular flexibility index (Phi) is 5.90. The number of nitrogens with one attached hydrogen (secondary N) is 1. The minimum Gasteiger partial charge on any atom is -0.384 e. The number of hydrogen-bond donors (Lipinski definition) is 2. The van der Waals surface area contributed by atoms with Crippen molar-refractivity contribution in [3.05, 3.63) is 59.4 Å². The number of benzene rings is 2. The van der Waals surface area contributed by atoms with E-state index in [9.17, 15) is 9.18 Å². The number of nitrogens with zero attached hydrogens (tertiary/aromatic N) is 2. The molecule has 3 N–H and O–H groups in total. The van der Waals surface area contributed by atoms with Crippen LogP contribution in [-0.4, -0.2) is 31.4 Å². The first-order chi connectivity index (χ1) is 13.0. The molecule has 7 heteroatoms. The highest BCUT2D eigenvalue weighted by molar-refractivity contribution is 5.97. The maximum absolute atomic E-state index is 12.9. The molecule has 1 saturated heterocycles. The zero-order valence-electron chi connectivity index (χ0n) is 15.2. The van der Waals surface area contributed by atoms with Crippen molar-refractivity contribution in [1.82, 2.24) is 0 Å². The minimum absolute atomic E-state index is 0.0777. The van der Waals surface area contributed by atoms with Gasteiger partial charge in [-0.05, 0) is 67.8 Å². The van der Waals surface area contributed by atoms with Crippen LogP contribution in [0.2, 0.25) is 0 Å². The van der Waals surface area contributed by atoms with Crippen LogP contribution in [0, 0.1) is 12.7 Å². The Hall–Kier alpha value is -3.09. The van der Waals surface area contributed by atoms with Crippen molar-refractivity contribution >= 4 is 23.1 Å². The van der Waals surface area contributed by atoms with Crippen molar-refractivity contribution in [2.45, 2.75) is 19.8 Å². The van der Waals surface area contributed by atoms with Crippen LogP contribution in [0.4, 0.5) is 15.8 Å². The van der Waals surface area contributed by atoms with Crippen LogP contribution in [0.1, 0.15) is 24.0 Å². The van der Waals surface area contributed by atoms with Crippen LogP contribution in [0.15, 0.2) is 47.6 Å². The molecule has 142 valence electrons. The maximum Gasteiger partial charge on any atom is 0.265 e. The number of hydrogen-bond acceptors (Lipinski definition) is 4. The van der Waals surface area contributed by atoms with E-state index < -0.39 is 0 Å². The highest BCUT2D eigenvalue weighted by atomic mass is 19.1. The summed E-state index contributed by atoms with van der Waals surface area (Å²) in [5.74, 6) is -0.616. The van der Waals surface area contributed by atoms with Gasteiger partial charge in [0, 0.05) is 30.0 Å². The Morgan fingerprint density at radius 3 is 2.59 bits per heavy atom. The Labute approximate surface area is 157 Å². The number of carbonyl (C=O) groups excluding carboxylic acids is 1. The molecule has 1 aliphatic rings. The van der Waals surface area contributed by atoms with Crippen molar-refractivity contribution in [3.8, 4) is 0 Å². The first-order valence-corrected chi connectivity index (χ1v) is 8.90. The second-order valence-corrected chi connectivity index (χ2v) is 6.50. The maximum atomic E-state index is 12.9. The number of nitrogens with two attached hydrogens (primary N) is 1. The molecule has 3 rings (SSSR count). The van der Waals surface area contributed by atoms with E-state index in [0.717, 1.165) is 24.3 Å². The average molecular weight is 370 g/mol. The molecule has 1 fully saturated rings. The fourth-order valence-corrected chi connectivity index (χ4v) is 2.98.